The van der Waals surface area contributed by atoms with E-state index in [4.69, 9.17) is 20.9 Å². The molecule has 0 atom stereocenters. The summed E-state index contributed by atoms with van der Waals surface area (Å²) < 4.78 is 64.6. The van der Waals surface area contributed by atoms with Gasteiger partial charge in [-0.15, -0.1) is 0 Å². The Hall–Kier alpha value is -4.07. The first kappa shape index (κ1) is 20.7. The van der Waals surface area contributed by atoms with Crippen molar-refractivity contribution in [2.24, 2.45) is 0 Å². The van der Waals surface area contributed by atoms with E-state index in [1.807, 2.05) is 6.07 Å². The topological polar surface area (TPSA) is 120 Å². The average Bonchev–Trinajstić information content (AvgIpc) is 2.71. The number of aromatic nitrogens is 2. The minimum atomic E-state index is -1.67. The molecule has 0 spiro atoms. The van der Waals surface area contributed by atoms with E-state index in [0.717, 1.165) is 0 Å². The van der Waals surface area contributed by atoms with Crippen LogP contribution in [-0.4, -0.2) is 17.1 Å². The average molecular weight is 419 g/mol. The van der Waals surface area contributed by atoms with Crippen molar-refractivity contribution in [2.45, 2.75) is 6.61 Å². The second kappa shape index (κ2) is 8.12. The Bertz CT molecular complexity index is 1150. The van der Waals surface area contributed by atoms with Gasteiger partial charge in [0.25, 0.3) is 0 Å². The summed E-state index contributed by atoms with van der Waals surface area (Å²) >= 11 is 0. The number of halogens is 4. The Morgan fingerprint density at radius 1 is 1.03 bits per heavy atom. The minimum absolute atomic E-state index is 0.0366. The molecule has 0 saturated heterocycles. The zero-order valence-corrected chi connectivity index (χ0v) is 15.3. The SMILES string of the molecule is COc1ccc(-c2nc(N)nc(N)c2C#N)cc1COc1c(F)c(F)cc(F)c1F. The van der Waals surface area contributed by atoms with E-state index >= 15 is 0 Å². The van der Waals surface area contributed by atoms with Crippen LogP contribution in [0.5, 0.6) is 11.5 Å². The van der Waals surface area contributed by atoms with Gasteiger partial charge in [-0.25, -0.2) is 13.8 Å². The predicted octanol–water partition coefficient (Wildman–Crippen LogP) is 3.32. The van der Waals surface area contributed by atoms with E-state index in [2.05, 4.69) is 9.97 Å². The van der Waals surface area contributed by atoms with Crippen LogP contribution in [0.2, 0.25) is 0 Å². The maximum absolute atomic E-state index is 13.8. The molecule has 1 heterocycles. The fourth-order valence-corrected chi connectivity index (χ4v) is 2.68. The Balaban J connectivity index is 2.03. The lowest BCUT2D eigenvalue weighted by molar-refractivity contribution is 0.257. The highest BCUT2D eigenvalue weighted by Crippen LogP contribution is 2.32. The van der Waals surface area contributed by atoms with E-state index in [9.17, 15) is 22.8 Å². The third kappa shape index (κ3) is 3.75. The van der Waals surface area contributed by atoms with Crippen molar-refractivity contribution < 1.29 is 27.0 Å². The zero-order valence-electron chi connectivity index (χ0n) is 15.3. The van der Waals surface area contributed by atoms with Crippen LogP contribution >= 0.6 is 0 Å². The Labute approximate surface area is 167 Å². The van der Waals surface area contributed by atoms with Gasteiger partial charge in [0, 0.05) is 17.2 Å². The molecular formula is C19H13F4N5O2. The van der Waals surface area contributed by atoms with E-state index in [-0.39, 0.29) is 40.4 Å². The van der Waals surface area contributed by atoms with Crippen LogP contribution in [0, 0.1) is 34.6 Å². The van der Waals surface area contributed by atoms with E-state index in [0.29, 0.717) is 5.56 Å². The maximum Gasteiger partial charge on any atom is 0.222 e. The van der Waals surface area contributed by atoms with Crippen LogP contribution in [0.3, 0.4) is 0 Å². The lowest BCUT2D eigenvalue weighted by Crippen LogP contribution is -2.07. The van der Waals surface area contributed by atoms with Crippen LogP contribution < -0.4 is 20.9 Å². The van der Waals surface area contributed by atoms with Crippen LogP contribution in [-0.2, 0) is 6.61 Å². The number of nitrogens with two attached hydrogens (primary N) is 2. The lowest BCUT2D eigenvalue weighted by atomic mass is 10.0. The van der Waals surface area contributed by atoms with Crippen molar-refractivity contribution in [3.8, 4) is 28.8 Å². The Morgan fingerprint density at radius 2 is 1.70 bits per heavy atom. The van der Waals surface area contributed by atoms with Crippen molar-refractivity contribution in [3.05, 3.63) is 58.7 Å². The van der Waals surface area contributed by atoms with Crippen LogP contribution in [0.25, 0.3) is 11.3 Å². The molecule has 11 heteroatoms. The summed E-state index contributed by atoms with van der Waals surface area (Å²) in [6.07, 6.45) is 0. The van der Waals surface area contributed by atoms with Gasteiger partial charge >= 0.3 is 0 Å². The summed E-state index contributed by atoms with van der Waals surface area (Å²) in [7, 11) is 1.34. The molecule has 0 amide bonds. The number of nitrogens with zero attached hydrogens (tertiary/aromatic N) is 3. The van der Waals surface area contributed by atoms with E-state index in [1.54, 1.807) is 0 Å². The molecule has 2 aromatic carbocycles. The molecule has 7 nitrogen and oxygen atoms in total. The molecule has 0 bridgehead atoms. The summed E-state index contributed by atoms with van der Waals surface area (Å²) in [4.78, 5) is 7.72. The lowest BCUT2D eigenvalue weighted by Gasteiger charge is -2.14. The molecule has 30 heavy (non-hydrogen) atoms. The van der Waals surface area contributed by atoms with Gasteiger partial charge < -0.3 is 20.9 Å². The molecule has 3 rings (SSSR count). The highest BCUT2D eigenvalue weighted by atomic mass is 19.2. The van der Waals surface area contributed by atoms with Gasteiger partial charge in [-0.1, -0.05) is 0 Å². The largest absolute Gasteiger partial charge is 0.496 e. The summed E-state index contributed by atoms with van der Waals surface area (Å²) in [5.41, 5.74) is 12.0. The second-order valence-corrected chi connectivity index (χ2v) is 5.92. The first-order valence-corrected chi connectivity index (χ1v) is 8.23. The van der Waals surface area contributed by atoms with Crippen LogP contribution in [0.1, 0.15) is 11.1 Å². The minimum Gasteiger partial charge on any atom is -0.496 e. The molecule has 0 aliphatic rings. The third-order valence-electron chi connectivity index (χ3n) is 4.06. The highest BCUT2D eigenvalue weighted by Gasteiger charge is 2.22. The normalized spacial score (nSPS) is 10.5. The fourth-order valence-electron chi connectivity index (χ4n) is 2.68. The molecule has 0 saturated carbocycles. The molecule has 1 aromatic heterocycles. The summed E-state index contributed by atoms with van der Waals surface area (Å²) in [5.74, 6) is -7.83. The van der Waals surface area contributed by atoms with Gasteiger partial charge in [-0.05, 0) is 18.2 Å². The standard InChI is InChI=1S/C19H13F4N5O2/c1-29-13-3-2-8(16-10(6-24)18(25)28-19(26)27-16)4-9(13)7-30-17-14(22)11(20)5-12(21)15(17)23/h2-5H,7H2,1H3,(H4,25,26,27,28). The third-order valence-corrected chi connectivity index (χ3v) is 4.06. The summed E-state index contributed by atoms with van der Waals surface area (Å²) in [6.45, 7) is -0.522. The van der Waals surface area contributed by atoms with Gasteiger partial charge in [-0.2, -0.15) is 19.0 Å². The van der Waals surface area contributed by atoms with Gasteiger partial charge in [0.2, 0.25) is 17.6 Å². The van der Waals surface area contributed by atoms with Gasteiger partial charge in [-0.3, -0.25) is 0 Å². The first-order chi connectivity index (χ1) is 14.3. The van der Waals surface area contributed by atoms with Gasteiger partial charge in [0.15, 0.2) is 17.4 Å². The van der Waals surface area contributed by atoms with Crippen molar-refractivity contribution in [3.63, 3.8) is 0 Å². The number of methoxy groups -OCH3 is 1. The number of hydrogen-bond acceptors (Lipinski definition) is 7. The van der Waals surface area contributed by atoms with Crippen molar-refractivity contribution in [1.29, 1.82) is 5.26 Å². The van der Waals surface area contributed by atoms with Gasteiger partial charge in [0.05, 0.1) is 12.8 Å². The number of benzene rings is 2. The molecule has 0 aliphatic heterocycles. The monoisotopic (exact) mass is 419 g/mol. The van der Waals surface area contributed by atoms with E-state index in [1.165, 1.54) is 25.3 Å². The van der Waals surface area contributed by atoms with Crippen molar-refractivity contribution in [1.82, 2.24) is 9.97 Å². The van der Waals surface area contributed by atoms with Gasteiger partial charge in [0.1, 0.15) is 29.8 Å². The van der Waals surface area contributed by atoms with Crippen LogP contribution in [0.15, 0.2) is 24.3 Å². The highest BCUT2D eigenvalue weighted by molar-refractivity contribution is 5.74. The summed E-state index contributed by atoms with van der Waals surface area (Å²) in [5, 5.41) is 9.33. The molecule has 0 aliphatic carbocycles. The fraction of sp³-hybridized carbons (Fsp3) is 0.105. The Kier molecular flexibility index (Phi) is 5.59. The number of anilines is 2. The second-order valence-electron chi connectivity index (χ2n) is 5.92. The van der Waals surface area contributed by atoms with E-state index < -0.39 is 35.6 Å². The molecule has 154 valence electrons. The molecule has 4 N–H and O–H groups in total. The maximum atomic E-state index is 13.8. The molecule has 0 fully saturated rings. The molecule has 0 radical (unpaired) electrons. The number of rotatable bonds is 5. The van der Waals surface area contributed by atoms with Crippen molar-refractivity contribution >= 4 is 11.8 Å². The molecule has 0 unspecified atom stereocenters. The van der Waals surface area contributed by atoms with Crippen LogP contribution in [0.4, 0.5) is 29.3 Å². The molecular weight excluding hydrogens is 406 g/mol. The smallest absolute Gasteiger partial charge is 0.222 e. The number of nitriles is 1. The number of ether oxygens (including phenoxy) is 2. The quantitative estimate of drug-likeness (QED) is 0.481. The first-order valence-electron chi connectivity index (χ1n) is 8.23. The number of hydrogen-bond donors (Lipinski definition) is 2. The zero-order chi connectivity index (χ0) is 22.0. The Morgan fingerprint density at radius 3 is 2.30 bits per heavy atom. The summed E-state index contributed by atoms with van der Waals surface area (Å²) in [6, 6.07) is 6.39. The predicted molar refractivity (Wildman–Crippen MR) is 98.2 cm³/mol. The number of nitrogen functional groups attached to an aromatic ring is 2. The molecule has 3 aromatic rings. The van der Waals surface area contributed by atoms with Crippen molar-refractivity contribution in [2.75, 3.05) is 18.6 Å².